The summed E-state index contributed by atoms with van der Waals surface area (Å²) in [6, 6.07) is 2.02. The summed E-state index contributed by atoms with van der Waals surface area (Å²) >= 11 is 6.32. The minimum absolute atomic E-state index is 0.0488. The van der Waals surface area contributed by atoms with Crippen LogP contribution in [-0.2, 0) is 16.1 Å². The van der Waals surface area contributed by atoms with Gasteiger partial charge in [0.2, 0.25) is 17.7 Å². The Hall–Kier alpha value is -3.62. The number of nitrogens with one attached hydrogen (secondary N) is 2. The van der Waals surface area contributed by atoms with Gasteiger partial charge >= 0.3 is 0 Å². The molecule has 1 aliphatic rings. The second kappa shape index (κ2) is 9.25. The quantitative estimate of drug-likeness (QED) is 0.492. The van der Waals surface area contributed by atoms with Crippen molar-refractivity contribution in [2.45, 2.75) is 12.6 Å². The number of nitrogens with zero attached hydrogens (tertiary/aromatic N) is 6. The predicted molar refractivity (Wildman–Crippen MR) is 117 cm³/mol. The minimum Gasteiger partial charge on any atom is -0.477 e. The van der Waals surface area contributed by atoms with E-state index < -0.39 is 0 Å². The second-order valence-corrected chi connectivity index (χ2v) is 7.62. The van der Waals surface area contributed by atoms with Crippen LogP contribution in [0, 0.1) is 17.2 Å². The molecule has 0 spiro atoms. The lowest BCUT2D eigenvalue weighted by Crippen LogP contribution is -2.28. The van der Waals surface area contributed by atoms with Gasteiger partial charge in [0.05, 0.1) is 41.1 Å². The van der Waals surface area contributed by atoms with Crippen molar-refractivity contribution in [3.05, 3.63) is 36.3 Å². The first-order valence-electron chi connectivity index (χ1n) is 9.80. The maximum absolute atomic E-state index is 12.0. The molecule has 12 heteroatoms. The van der Waals surface area contributed by atoms with Crippen LogP contribution in [0.3, 0.4) is 0 Å². The molecular weight excluding hydrogens is 436 g/mol. The SMILES string of the molecule is C=CC(=O)N1C[C@H](COc2nc(Nc3cnn(CC#N)c3)nc3[nH]cc(Cl)c23)[C@@H](OC)C1. The van der Waals surface area contributed by atoms with Gasteiger partial charge in [-0.1, -0.05) is 18.2 Å². The number of carbonyl (C=O) groups excluding carboxylic acids is 1. The Labute approximate surface area is 188 Å². The maximum atomic E-state index is 12.0. The van der Waals surface area contributed by atoms with Gasteiger partial charge in [0.25, 0.3) is 0 Å². The highest BCUT2D eigenvalue weighted by Gasteiger charge is 2.35. The van der Waals surface area contributed by atoms with E-state index in [0.29, 0.717) is 40.7 Å². The van der Waals surface area contributed by atoms with Crippen LogP contribution >= 0.6 is 11.6 Å². The Bertz CT molecular complexity index is 1180. The zero-order chi connectivity index (χ0) is 22.7. The van der Waals surface area contributed by atoms with Crippen molar-refractivity contribution in [1.29, 1.82) is 5.26 Å². The number of aromatic nitrogens is 5. The molecule has 0 aliphatic carbocycles. The fourth-order valence-electron chi connectivity index (χ4n) is 3.60. The second-order valence-electron chi connectivity index (χ2n) is 7.21. The smallest absolute Gasteiger partial charge is 0.246 e. The lowest BCUT2D eigenvalue weighted by atomic mass is 10.1. The molecule has 32 heavy (non-hydrogen) atoms. The Kier molecular flexibility index (Phi) is 6.25. The van der Waals surface area contributed by atoms with Crippen molar-refractivity contribution in [3.63, 3.8) is 0 Å². The molecule has 0 aromatic carbocycles. The molecule has 4 heterocycles. The minimum atomic E-state index is -0.165. The van der Waals surface area contributed by atoms with Crippen LogP contribution in [-0.4, -0.2) is 68.4 Å². The molecule has 0 bridgehead atoms. The van der Waals surface area contributed by atoms with Crippen molar-refractivity contribution in [1.82, 2.24) is 29.6 Å². The predicted octanol–water partition coefficient (Wildman–Crippen LogP) is 2.11. The highest BCUT2D eigenvalue weighted by atomic mass is 35.5. The number of fused-ring (bicyclic) bond motifs is 1. The number of aromatic amines is 1. The van der Waals surface area contributed by atoms with Crippen molar-refractivity contribution in [3.8, 4) is 11.9 Å². The summed E-state index contributed by atoms with van der Waals surface area (Å²) in [5.41, 5.74) is 1.13. The summed E-state index contributed by atoms with van der Waals surface area (Å²) in [7, 11) is 1.61. The molecule has 3 aromatic rings. The molecule has 0 radical (unpaired) electrons. The van der Waals surface area contributed by atoms with Crippen LogP contribution < -0.4 is 10.1 Å². The third kappa shape index (κ3) is 4.37. The number of anilines is 2. The van der Waals surface area contributed by atoms with Gasteiger partial charge in [0.15, 0.2) is 0 Å². The van der Waals surface area contributed by atoms with E-state index in [1.54, 1.807) is 30.6 Å². The number of likely N-dealkylation sites (tertiary alicyclic amines) is 1. The molecule has 11 nitrogen and oxygen atoms in total. The van der Waals surface area contributed by atoms with Crippen molar-refractivity contribution < 1.29 is 14.3 Å². The van der Waals surface area contributed by atoms with E-state index in [0.717, 1.165) is 0 Å². The molecule has 1 amide bonds. The van der Waals surface area contributed by atoms with Crippen LogP contribution in [0.25, 0.3) is 11.0 Å². The summed E-state index contributed by atoms with van der Waals surface area (Å²) < 4.78 is 13.1. The Morgan fingerprint density at radius 3 is 3.09 bits per heavy atom. The van der Waals surface area contributed by atoms with Gasteiger partial charge in [-0.05, 0) is 6.08 Å². The third-order valence-corrected chi connectivity index (χ3v) is 5.47. The molecule has 1 saturated heterocycles. The van der Waals surface area contributed by atoms with E-state index in [4.69, 9.17) is 26.3 Å². The molecule has 1 fully saturated rings. The van der Waals surface area contributed by atoms with Crippen LogP contribution in [0.5, 0.6) is 5.88 Å². The first kappa shape index (κ1) is 21.6. The van der Waals surface area contributed by atoms with Crippen molar-refractivity contribution in [2.24, 2.45) is 5.92 Å². The van der Waals surface area contributed by atoms with Gasteiger partial charge in [-0.15, -0.1) is 0 Å². The number of amides is 1. The number of methoxy groups -OCH3 is 1. The largest absolute Gasteiger partial charge is 0.477 e. The van der Waals surface area contributed by atoms with E-state index in [1.807, 2.05) is 6.07 Å². The van der Waals surface area contributed by atoms with Gasteiger partial charge in [-0.25, -0.2) is 0 Å². The fourth-order valence-corrected chi connectivity index (χ4v) is 3.83. The van der Waals surface area contributed by atoms with E-state index in [9.17, 15) is 4.79 Å². The number of hydrogen-bond acceptors (Lipinski definition) is 8. The average molecular weight is 457 g/mol. The zero-order valence-electron chi connectivity index (χ0n) is 17.3. The van der Waals surface area contributed by atoms with E-state index in [1.165, 1.54) is 10.8 Å². The Morgan fingerprint density at radius 2 is 2.34 bits per heavy atom. The molecule has 2 N–H and O–H groups in total. The molecular formula is C20H21ClN8O3. The Balaban J connectivity index is 1.54. The van der Waals surface area contributed by atoms with E-state index in [2.05, 4.69) is 31.9 Å². The molecule has 2 atom stereocenters. The van der Waals surface area contributed by atoms with Crippen LogP contribution in [0.4, 0.5) is 11.6 Å². The van der Waals surface area contributed by atoms with E-state index >= 15 is 0 Å². The van der Waals surface area contributed by atoms with E-state index in [-0.39, 0.29) is 37.0 Å². The first-order valence-corrected chi connectivity index (χ1v) is 10.2. The monoisotopic (exact) mass is 456 g/mol. The van der Waals surface area contributed by atoms with Gasteiger partial charge in [-0.3, -0.25) is 9.48 Å². The maximum Gasteiger partial charge on any atom is 0.246 e. The summed E-state index contributed by atoms with van der Waals surface area (Å²) in [4.78, 5) is 25.6. The number of rotatable bonds is 8. The van der Waals surface area contributed by atoms with Gasteiger partial charge in [-0.2, -0.15) is 20.3 Å². The Morgan fingerprint density at radius 1 is 1.50 bits per heavy atom. The highest BCUT2D eigenvalue weighted by Crippen LogP contribution is 2.32. The third-order valence-electron chi connectivity index (χ3n) is 5.18. The van der Waals surface area contributed by atoms with Crippen LogP contribution in [0.1, 0.15) is 0 Å². The standard InChI is InChI=1S/C20H21ClN8O3/c1-3-16(30)28-8-12(15(10-28)31-2)11-32-19-17-14(21)7-23-18(17)26-20(27-19)25-13-6-24-29(9-13)5-4-22/h3,6-7,9,12,15H,1,5,8,10-11H2,2H3,(H2,23,25,26,27)/t12-,15+/m1/s1. The summed E-state index contributed by atoms with van der Waals surface area (Å²) in [6.07, 6.45) is 5.98. The fraction of sp³-hybridized carbons (Fsp3) is 0.350. The lowest BCUT2D eigenvalue weighted by Gasteiger charge is -2.17. The normalized spacial score (nSPS) is 18.0. The summed E-state index contributed by atoms with van der Waals surface area (Å²) in [5, 5.41) is 16.9. The molecule has 1 aliphatic heterocycles. The first-order chi connectivity index (χ1) is 15.5. The summed E-state index contributed by atoms with van der Waals surface area (Å²) in [5.74, 6) is 0.389. The van der Waals surface area contributed by atoms with Gasteiger partial charge < -0.3 is 24.7 Å². The number of ether oxygens (including phenoxy) is 2. The number of carbonyl (C=O) groups is 1. The average Bonchev–Trinajstić information content (AvgIpc) is 3.51. The van der Waals surface area contributed by atoms with Gasteiger partial charge in [0.1, 0.15) is 12.2 Å². The molecule has 0 saturated carbocycles. The summed E-state index contributed by atoms with van der Waals surface area (Å²) in [6.45, 7) is 4.91. The molecule has 3 aromatic heterocycles. The van der Waals surface area contributed by atoms with Crippen LogP contribution in [0.2, 0.25) is 5.02 Å². The van der Waals surface area contributed by atoms with Crippen molar-refractivity contribution in [2.75, 3.05) is 32.1 Å². The topological polar surface area (TPSA) is 134 Å². The number of hydrogen-bond donors (Lipinski definition) is 2. The zero-order valence-corrected chi connectivity index (χ0v) is 18.0. The number of halogens is 1. The lowest BCUT2D eigenvalue weighted by molar-refractivity contribution is -0.125. The molecule has 166 valence electrons. The van der Waals surface area contributed by atoms with Crippen LogP contribution in [0.15, 0.2) is 31.2 Å². The molecule has 0 unspecified atom stereocenters. The van der Waals surface area contributed by atoms with Gasteiger partial charge in [0, 0.05) is 38.5 Å². The van der Waals surface area contributed by atoms with Crippen molar-refractivity contribution >= 4 is 40.2 Å². The number of H-pyrrole nitrogens is 1. The highest BCUT2D eigenvalue weighted by molar-refractivity contribution is 6.35. The molecule has 4 rings (SSSR count). The number of nitriles is 1.